The monoisotopic (exact) mass is 1200 g/mol. The Hall–Kier alpha value is -8.92. The van der Waals surface area contributed by atoms with Crippen molar-refractivity contribution in [2.75, 3.05) is 0 Å². The van der Waals surface area contributed by atoms with Crippen molar-refractivity contribution in [3.05, 3.63) is 142 Å². The Balaban J connectivity index is 1.38. The van der Waals surface area contributed by atoms with E-state index in [2.05, 4.69) is 41.5 Å². The van der Waals surface area contributed by atoms with Gasteiger partial charge in [0.15, 0.2) is 0 Å². The molecular weight excluding hydrogens is 1120 g/mol. The van der Waals surface area contributed by atoms with Gasteiger partial charge in [-0.2, -0.15) is 0 Å². The molecule has 0 saturated carbocycles. The number of aromatic hydroxyl groups is 4. The van der Waals surface area contributed by atoms with Gasteiger partial charge in [0.25, 0.3) is 0 Å². The maximum absolute atomic E-state index is 15.4. The molecule has 4 N–H and O–H groups in total. The molecule has 16 nitrogen and oxygen atoms in total. The first-order chi connectivity index (χ1) is 42.1. The summed E-state index contributed by atoms with van der Waals surface area (Å²) in [5.41, 5.74) is -5.22. The zero-order valence-electron chi connectivity index (χ0n) is 52.5. The van der Waals surface area contributed by atoms with E-state index in [0.29, 0.717) is 45.0 Å². The normalized spacial score (nSPS) is 25.1. The van der Waals surface area contributed by atoms with Crippen LogP contribution in [0.25, 0.3) is 0 Å². The van der Waals surface area contributed by atoms with Crippen LogP contribution in [0.5, 0.6) is 46.0 Å². The molecule has 4 unspecified atom stereocenters. The van der Waals surface area contributed by atoms with Gasteiger partial charge in [-0.3, -0.25) is 39.1 Å². The molecule has 0 saturated heterocycles. The Kier molecular flexibility index (Phi) is 15.7. The van der Waals surface area contributed by atoms with Crippen LogP contribution in [0.15, 0.2) is 117 Å². The number of carbonyl (C=O) groups is 4. The molecule has 462 valence electrons. The lowest BCUT2D eigenvalue weighted by Crippen LogP contribution is -2.72. The maximum Gasteiger partial charge on any atom is 0.311 e. The fraction of sp³-hybridized carbons (Fsp3) is 0.397. The highest BCUT2D eigenvalue weighted by molar-refractivity contribution is 5.94. The van der Waals surface area contributed by atoms with Crippen LogP contribution in [0, 0.1) is 22.2 Å². The van der Waals surface area contributed by atoms with Crippen LogP contribution in [0.3, 0.4) is 0 Å². The van der Waals surface area contributed by atoms with Crippen molar-refractivity contribution in [1.82, 2.24) is 0 Å². The SMILES string of the molecule is CCC12CCC(=O)Oc3cc(c(O)c(C(C)(C)C)c3)/C=N/c3ccccc3/N=C/c3cc4cc(c3O)C(C)(C)C35C1C(C)(C)c1cc(cc(c1O)/C=N/c1ccccc1/N=C/c1cc(cc(c1O)C3(C)C)OC(=O)CCC5(CC)CCC(=O)O4)OC(=O)CC2. The van der Waals surface area contributed by atoms with Crippen molar-refractivity contribution < 1.29 is 58.6 Å². The summed E-state index contributed by atoms with van der Waals surface area (Å²) in [7, 11) is 0. The number of phenols is 4. The summed E-state index contributed by atoms with van der Waals surface area (Å²) in [5, 5.41) is 52.7. The second-order valence-corrected chi connectivity index (χ2v) is 27.4. The van der Waals surface area contributed by atoms with E-state index in [9.17, 15) is 25.2 Å². The number of hydrogen-bond donors (Lipinski definition) is 4. The van der Waals surface area contributed by atoms with Crippen LogP contribution in [0.2, 0.25) is 0 Å². The molecular formula is C73H78N4O12. The fourth-order valence-corrected chi connectivity index (χ4v) is 16.8. The van der Waals surface area contributed by atoms with E-state index in [0.717, 1.165) is 0 Å². The minimum absolute atomic E-state index is 0.0379. The van der Waals surface area contributed by atoms with Crippen molar-refractivity contribution in [2.24, 2.45) is 42.1 Å². The highest BCUT2D eigenvalue weighted by Gasteiger charge is 2.75. The van der Waals surface area contributed by atoms with Gasteiger partial charge in [-0.05, 0) is 138 Å². The van der Waals surface area contributed by atoms with Crippen LogP contribution in [-0.4, -0.2) is 69.2 Å². The van der Waals surface area contributed by atoms with Gasteiger partial charge in [-0.25, -0.2) is 0 Å². The molecule has 5 heterocycles. The number of fused-ring (bicyclic) bond motifs is 10. The summed E-state index contributed by atoms with van der Waals surface area (Å²) in [6.45, 7) is 22.2. The number of benzene rings is 6. The first kappa shape index (κ1) is 61.7. The number of aliphatic imine (C=N–C) groups is 4. The molecule has 0 fully saturated rings. The van der Waals surface area contributed by atoms with Gasteiger partial charge in [-0.15, -0.1) is 0 Å². The highest BCUT2D eigenvalue weighted by Crippen LogP contribution is 2.78. The van der Waals surface area contributed by atoms with Crippen molar-refractivity contribution in [2.45, 2.75) is 162 Å². The summed E-state index contributed by atoms with van der Waals surface area (Å²) >= 11 is 0. The van der Waals surface area contributed by atoms with Gasteiger partial charge in [0.05, 0.1) is 22.7 Å². The molecule has 0 amide bonds. The summed E-state index contributed by atoms with van der Waals surface area (Å²) in [5.74, 6) is -3.47. The van der Waals surface area contributed by atoms with Gasteiger partial charge >= 0.3 is 23.9 Å². The van der Waals surface area contributed by atoms with Gasteiger partial charge in [-0.1, -0.05) is 107 Å². The topological polar surface area (TPSA) is 236 Å². The Morgan fingerprint density at radius 2 is 0.775 bits per heavy atom. The molecule has 1 spiro atoms. The number of ether oxygens (including phenoxy) is 4. The molecule has 0 aromatic heterocycles. The number of para-hydroxylation sites is 4. The molecule has 16 heteroatoms. The number of hydrogen-bond acceptors (Lipinski definition) is 16. The molecule has 89 heavy (non-hydrogen) atoms. The second kappa shape index (κ2) is 22.6. The van der Waals surface area contributed by atoms with E-state index < -0.39 is 67.7 Å². The summed E-state index contributed by atoms with van der Waals surface area (Å²) in [6.07, 6.45) is 6.04. The largest absolute Gasteiger partial charge is 0.507 e. The lowest BCUT2D eigenvalue weighted by atomic mass is 9.28. The number of carbonyl (C=O) groups excluding carboxylic acids is 4. The number of esters is 4. The van der Waals surface area contributed by atoms with Crippen LogP contribution >= 0.6 is 0 Å². The predicted octanol–water partition coefficient (Wildman–Crippen LogP) is 15.5. The Morgan fingerprint density at radius 1 is 0.449 bits per heavy atom. The van der Waals surface area contributed by atoms with Gasteiger partial charge in [0.2, 0.25) is 0 Å². The molecule has 0 radical (unpaired) electrons. The molecule has 13 bridgehead atoms. The molecule has 6 aromatic carbocycles. The first-order valence-corrected chi connectivity index (χ1v) is 30.8. The fourth-order valence-electron chi connectivity index (χ4n) is 16.8. The second-order valence-electron chi connectivity index (χ2n) is 27.4. The zero-order valence-corrected chi connectivity index (χ0v) is 52.5. The summed E-state index contributed by atoms with van der Waals surface area (Å²) in [4.78, 5) is 80.1. The molecule has 5 aliphatic rings. The van der Waals surface area contributed by atoms with Gasteiger partial charge < -0.3 is 39.4 Å². The Labute approximate surface area is 519 Å². The number of nitrogens with zero attached hydrogens (tertiary/aromatic N) is 4. The third kappa shape index (κ3) is 10.4. The molecule has 0 aliphatic carbocycles. The van der Waals surface area contributed by atoms with Crippen molar-refractivity contribution in [1.29, 1.82) is 0 Å². The number of rotatable bonds is 2. The van der Waals surface area contributed by atoms with Crippen molar-refractivity contribution >= 4 is 71.5 Å². The Morgan fingerprint density at radius 3 is 1.12 bits per heavy atom. The molecule has 11 rings (SSSR count). The van der Waals surface area contributed by atoms with E-state index in [-0.39, 0.29) is 132 Å². The van der Waals surface area contributed by atoms with Crippen LogP contribution in [-0.2, 0) is 40.8 Å². The van der Waals surface area contributed by atoms with E-state index >= 15 is 14.4 Å². The van der Waals surface area contributed by atoms with Crippen molar-refractivity contribution in [3.63, 3.8) is 0 Å². The average Bonchev–Trinajstić information content (AvgIpc) is 0.658. The van der Waals surface area contributed by atoms with Crippen LogP contribution < -0.4 is 18.9 Å². The van der Waals surface area contributed by atoms with E-state index in [1.807, 2.05) is 34.6 Å². The highest BCUT2D eigenvalue weighted by atomic mass is 16.5. The van der Waals surface area contributed by atoms with Crippen LogP contribution in [0.1, 0.15) is 185 Å². The Bertz CT molecular complexity index is 4030. The van der Waals surface area contributed by atoms with Gasteiger partial charge in [0, 0.05) is 106 Å². The van der Waals surface area contributed by atoms with Gasteiger partial charge in [0.1, 0.15) is 46.0 Å². The molecule has 6 aromatic rings. The van der Waals surface area contributed by atoms with E-state index in [4.69, 9.17) is 38.9 Å². The maximum atomic E-state index is 15.4. The molecule has 5 aliphatic heterocycles. The number of phenolic OH excluding ortho intramolecular Hbond substituents is 4. The minimum Gasteiger partial charge on any atom is -0.507 e. The lowest BCUT2D eigenvalue weighted by Gasteiger charge is -2.74. The average molecular weight is 1200 g/mol. The predicted molar refractivity (Wildman–Crippen MR) is 343 cm³/mol. The van der Waals surface area contributed by atoms with E-state index in [1.165, 1.54) is 24.9 Å². The third-order valence-electron chi connectivity index (χ3n) is 20.6. The van der Waals surface area contributed by atoms with Crippen LogP contribution in [0.4, 0.5) is 22.7 Å². The van der Waals surface area contributed by atoms with Crippen molar-refractivity contribution in [3.8, 4) is 46.0 Å². The quantitative estimate of drug-likeness (QED) is 0.0936. The first-order valence-electron chi connectivity index (χ1n) is 30.8. The standard InChI is InChI=1S/C73H78N4O12/c1-12-71-26-22-58(78)86-46-30-42(62(82)50(34-46)67(3,4)5)38-74-54-18-14-16-20-56(54)76-40-44-32-48-36-52(64(44)84)69(8,9)73-66(71)68(6,7)51-35-47(87-59(79)23-27-71)31-43(63(51)83)39-75-55-19-15-17-21-57(55)77-41-45-33-49(37-53(65(45)85)70(73,10)11)89-61(81)25-29-72(73,13-2)28-24-60(80)88-48/h14-21,30-41,66,82-85H,12-13,22-29H2,1-11H3/b74-38+,75-39+,76-40+,77-41+. The lowest BCUT2D eigenvalue weighted by molar-refractivity contribution is -0.212. The summed E-state index contributed by atoms with van der Waals surface area (Å²) in [6, 6.07) is 27.2. The zero-order chi connectivity index (χ0) is 63.8. The smallest absolute Gasteiger partial charge is 0.311 e. The third-order valence-corrected chi connectivity index (χ3v) is 20.6. The summed E-state index contributed by atoms with van der Waals surface area (Å²) < 4.78 is 25.5. The van der Waals surface area contributed by atoms with E-state index in [1.54, 1.807) is 97.1 Å². The minimum atomic E-state index is -1.60. The molecule has 4 atom stereocenters.